The molecule has 0 bridgehead atoms. The van der Waals surface area contributed by atoms with Gasteiger partial charge in [0.1, 0.15) is 0 Å². The molecule has 27 heavy (non-hydrogen) atoms. The normalized spacial score (nSPS) is 10.0. The SMILES string of the molecule is CCC(=O)Nc1ccc(NC(=O)CNc2cccc(C(=O)N(C)C)c2)cc1. The predicted molar refractivity (Wildman–Crippen MR) is 107 cm³/mol. The fourth-order valence-corrected chi connectivity index (χ4v) is 2.29. The standard InChI is InChI=1S/C20H24N4O3/c1-4-18(25)22-15-8-10-16(11-9-15)23-19(26)13-21-17-7-5-6-14(12-17)20(27)24(2)3/h5-12,21H,4,13H2,1-3H3,(H,22,25)(H,23,26). The molecule has 3 N–H and O–H groups in total. The summed E-state index contributed by atoms with van der Waals surface area (Å²) in [7, 11) is 3.38. The van der Waals surface area contributed by atoms with Gasteiger partial charge in [-0.1, -0.05) is 13.0 Å². The molecule has 3 amide bonds. The predicted octanol–water partition coefficient (Wildman–Crippen LogP) is 2.79. The molecule has 7 nitrogen and oxygen atoms in total. The van der Waals surface area contributed by atoms with Crippen LogP contribution in [0.2, 0.25) is 0 Å². The number of carbonyl (C=O) groups is 3. The number of hydrogen-bond acceptors (Lipinski definition) is 4. The fraction of sp³-hybridized carbons (Fsp3) is 0.250. The van der Waals surface area contributed by atoms with Crippen molar-refractivity contribution < 1.29 is 14.4 Å². The molecule has 2 aromatic carbocycles. The van der Waals surface area contributed by atoms with Crippen molar-refractivity contribution >= 4 is 34.8 Å². The van der Waals surface area contributed by atoms with E-state index in [9.17, 15) is 14.4 Å². The smallest absolute Gasteiger partial charge is 0.253 e. The molecular formula is C20H24N4O3. The van der Waals surface area contributed by atoms with Crippen LogP contribution in [0.3, 0.4) is 0 Å². The van der Waals surface area contributed by atoms with Gasteiger partial charge in [-0.15, -0.1) is 0 Å². The minimum absolute atomic E-state index is 0.0634. The van der Waals surface area contributed by atoms with Crippen LogP contribution in [0, 0.1) is 0 Å². The summed E-state index contributed by atoms with van der Waals surface area (Å²) in [5, 5.41) is 8.52. The van der Waals surface area contributed by atoms with Crippen molar-refractivity contribution in [2.75, 3.05) is 36.6 Å². The first kappa shape index (κ1) is 20.0. The van der Waals surface area contributed by atoms with E-state index < -0.39 is 0 Å². The van der Waals surface area contributed by atoms with Crippen molar-refractivity contribution in [1.29, 1.82) is 0 Å². The Balaban J connectivity index is 1.88. The minimum atomic E-state index is -0.218. The lowest BCUT2D eigenvalue weighted by molar-refractivity contribution is -0.116. The lowest BCUT2D eigenvalue weighted by Gasteiger charge is -2.12. The number of benzene rings is 2. The summed E-state index contributed by atoms with van der Waals surface area (Å²) in [6.07, 6.45) is 0.408. The number of rotatable bonds is 7. The topological polar surface area (TPSA) is 90.5 Å². The molecule has 0 radical (unpaired) electrons. The van der Waals surface area contributed by atoms with Crippen molar-refractivity contribution in [2.24, 2.45) is 0 Å². The lowest BCUT2D eigenvalue weighted by Crippen LogP contribution is -2.23. The highest BCUT2D eigenvalue weighted by Gasteiger charge is 2.09. The van der Waals surface area contributed by atoms with Gasteiger partial charge in [0.05, 0.1) is 6.54 Å². The van der Waals surface area contributed by atoms with Gasteiger partial charge in [0.2, 0.25) is 11.8 Å². The van der Waals surface area contributed by atoms with Crippen LogP contribution in [0.15, 0.2) is 48.5 Å². The van der Waals surface area contributed by atoms with Gasteiger partial charge in [-0.2, -0.15) is 0 Å². The van der Waals surface area contributed by atoms with E-state index in [-0.39, 0.29) is 24.3 Å². The summed E-state index contributed by atoms with van der Waals surface area (Å²) in [6.45, 7) is 1.84. The fourth-order valence-electron chi connectivity index (χ4n) is 2.29. The summed E-state index contributed by atoms with van der Waals surface area (Å²) in [5.74, 6) is -0.381. The van der Waals surface area contributed by atoms with Crippen LogP contribution in [0.25, 0.3) is 0 Å². The number of hydrogen-bond donors (Lipinski definition) is 3. The van der Waals surface area contributed by atoms with Crippen LogP contribution in [-0.4, -0.2) is 43.3 Å². The molecule has 0 atom stereocenters. The third kappa shape index (κ3) is 6.14. The van der Waals surface area contributed by atoms with Crippen LogP contribution in [0.4, 0.5) is 17.1 Å². The van der Waals surface area contributed by atoms with Crippen molar-refractivity contribution in [3.8, 4) is 0 Å². The Labute approximate surface area is 158 Å². The zero-order valence-electron chi connectivity index (χ0n) is 15.7. The van der Waals surface area contributed by atoms with Crippen LogP contribution in [0.1, 0.15) is 23.7 Å². The second-order valence-electron chi connectivity index (χ2n) is 6.16. The summed E-state index contributed by atoms with van der Waals surface area (Å²) in [6, 6.07) is 13.9. The molecule has 0 aliphatic heterocycles. The highest BCUT2D eigenvalue weighted by atomic mass is 16.2. The summed E-state index contributed by atoms with van der Waals surface area (Å²) < 4.78 is 0. The zero-order chi connectivity index (χ0) is 19.8. The molecule has 0 unspecified atom stereocenters. The van der Waals surface area contributed by atoms with E-state index in [1.54, 1.807) is 69.6 Å². The molecule has 2 rings (SSSR count). The highest BCUT2D eigenvalue weighted by molar-refractivity contribution is 5.96. The van der Waals surface area contributed by atoms with Crippen molar-refractivity contribution in [2.45, 2.75) is 13.3 Å². The second kappa shape index (κ2) is 9.38. The van der Waals surface area contributed by atoms with Gasteiger partial charge < -0.3 is 20.9 Å². The van der Waals surface area contributed by atoms with Gasteiger partial charge in [-0.3, -0.25) is 14.4 Å². The number of carbonyl (C=O) groups excluding carboxylic acids is 3. The lowest BCUT2D eigenvalue weighted by atomic mass is 10.2. The second-order valence-corrected chi connectivity index (χ2v) is 6.16. The number of nitrogens with one attached hydrogen (secondary N) is 3. The van der Waals surface area contributed by atoms with E-state index in [1.165, 1.54) is 4.90 Å². The average Bonchev–Trinajstić information content (AvgIpc) is 2.67. The van der Waals surface area contributed by atoms with E-state index >= 15 is 0 Å². The van der Waals surface area contributed by atoms with E-state index in [0.29, 0.717) is 29.0 Å². The van der Waals surface area contributed by atoms with E-state index in [0.717, 1.165) is 0 Å². The maximum Gasteiger partial charge on any atom is 0.253 e. The molecule has 0 aliphatic rings. The molecule has 7 heteroatoms. The van der Waals surface area contributed by atoms with Crippen molar-refractivity contribution in [3.63, 3.8) is 0 Å². The van der Waals surface area contributed by atoms with Gasteiger partial charge >= 0.3 is 0 Å². The molecule has 0 saturated carbocycles. The summed E-state index contributed by atoms with van der Waals surface area (Å²) in [4.78, 5) is 36.9. The monoisotopic (exact) mass is 368 g/mol. The van der Waals surface area contributed by atoms with Gasteiger partial charge in [-0.05, 0) is 42.5 Å². The first-order chi connectivity index (χ1) is 12.9. The Hall–Kier alpha value is -3.35. The first-order valence-electron chi connectivity index (χ1n) is 8.64. The molecule has 2 aromatic rings. The molecule has 142 valence electrons. The van der Waals surface area contributed by atoms with Gasteiger partial charge in [0.15, 0.2) is 0 Å². The molecular weight excluding hydrogens is 344 g/mol. The Kier molecular flexibility index (Phi) is 6.93. The third-order valence-electron chi connectivity index (χ3n) is 3.74. The largest absolute Gasteiger partial charge is 0.376 e. The first-order valence-corrected chi connectivity index (χ1v) is 8.64. The quantitative estimate of drug-likeness (QED) is 0.701. The summed E-state index contributed by atoms with van der Waals surface area (Å²) >= 11 is 0. The molecule has 0 aromatic heterocycles. The van der Waals surface area contributed by atoms with Gasteiger partial charge in [0.25, 0.3) is 5.91 Å². The zero-order valence-corrected chi connectivity index (χ0v) is 15.7. The van der Waals surface area contributed by atoms with Gasteiger partial charge in [-0.25, -0.2) is 0 Å². The van der Waals surface area contributed by atoms with Crippen LogP contribution in [0.5, 0.6) is 0 Å². The Morgan fingerprint density at radius 1 is 0.852 bits per heavy atom. The molecule has 0 spiro atoms. The number of anilines is 3. The number of amides is 3. The Morgan fingerprint density at radius 2 is 1.44 bits per heavy atom. The van der Waals surface area contributed by atoms with Crippen molar-refractivity contribution in [1.82, 2.24) is 4.90 Å². The Bertz CT molecular complexity index is 816. The molecule has 0 saturated heterocycles. The van der Waals surface area contributed by atoms with E-state index in [4.69, 9.17) is 0 Å². The molecule has 0 aliphatic carbocycles. The number of nitrogens with zero attached hydrogens (tertiary/aromatic N) is 1. The van der Waals surface area contributed by atoms with Crippen molar-refractivity contribution in [3.05, 3.63) is 54.1 Å². The third-order valence-corrected chi connectivity index (χ3v) is 3.74. The maximum atomic E-state index is 12.1. The average molecular weight is 368 g/mol. The van der Waals surface area contributed by atoms with E-state index in [2.05, 4.69) is 16.0 Å². The Morgan fingerprint density at radius 3 is 2.00 bits per heavy atom. The van der Waals surface area contributed by atoms with Crippen LogP contribution >= 0.6 is 0 Å². The minimum Gasteiger partial charge on any atom is -0.376 e. The maximum absolute atomic E-state index is 12.1. The van der Waals surface area contributed by atoms with Crippen LogP contribution < -0.4 is 16.0 Å². The van der Waals surface area contributed by atoms with Crippen LogP contribution in [-0.2, 0) is 9.59 Å². The van der Waals surface area contributed by atoms with Gasteiger partial charge in [0, 0.05) is 43.1 Å². The molecule has 0 fully saturated rings. The van der Waals surface area contributed by atoms with E-state index in [1.807, 2.05) is 0 Å². The molecule has 0 heterocycles. The highest BCUT2D eigenvalue weighted by Crippen LogP contribution is 2.14. The summed E-state index contributed by atoms with van der Waals surface area (Å²) in [5.41, 5.74) is 2.55.